The Bertz CT molecular complexity index is 1100. The number of piperidine rings is 2. The van der Waals surface area contributed by atoms with E-state index in [1.165, 1.54) is 80.4 Å². The average Bonchev–Trinajstić information content (AvgIpc) is 3.20. The van der Waals surface area contributed by atoms with Crippen LogP contribution in [0.25, 0.3) is 22.2 Å². The Morgan fingerprint density at radius 2 is 1.79 bits per heavy atom. The summed E-state index contributed by atoms with van der Waals surface area (Å²) in [5, 5.41) is 1.34. The van der Waals surface area contributed by atoms with Crippen molar-refractivity contribution < 1.29 is 4.74 Å². The number of nitrogens with zero attached hydrogens (tertiary/aromatic N) is 3. The molecule has 2 fully saturated rings. The predicted octanol–water partition coefficient (Wildman–Crippen LogP) is 5.85. The van der Waals surface area contributed by atoms with Gasteiger partial charge in [0.05, 0.1) is 7.11 Å². The highest BCUT2D eigenvalue weighted by molar-refractivity contribution is 5.91. The van der Waals surface area contributed by atoms with Crippen LogP contribution >= 0.6 is 0 Å². The smallest absolute Gasteiger partial charge is 0.213 e. The minimum absolute atomic E-state index is 0.647. The Morgan fingerprint density at radius 1 is 1.03 bits per heavy atom. The first-order valence-electron chi connectivity index (χ1n) is 13.1. The Hall–Kier alpha value is -2.37. The van der Waals surface area contributed by atoms with Crippen molar-refractivity contribution in [3.05, 3.63) is 47.7 Å². The third kappa shape index (κ3) is 4.87. The number of aromatic amines is 1. The van der Waals surface area contributed by atoms with E-state index < -0.39 is 0 Å². The van der Waals surface area contributed by atoms with Crippen LogP contribution in [0, 0.1) is 12.8 Å². The van der Waals surface area contributed by atoms with Gasteiger partial charge in [-0.2, -0.15) is 0 Å². The van der Waals surface area contributed by atoms with Crippen molar-refractivity contribution in [1.82, 2.24) is 19.8 Å². The van der Waals surface area contributed by atoms with Crippen molar-refractivity contribution in [2.24, 2.45) is 5.92 Å². The van der Waals surface area contributed by atoms with Gasteiger partial charge in [0.1, 0.15) is 0 Å². The molecular weight excluding hydrogens is 420 g/mol. The monoisotopic (exact) mass is 460 g/mol. The Morgan fingerprint density at radius 3 is 2.50 bits per heavy atom. The lowest BCUT2D eigenvalue weighted by molar-refractivity contribution is 0.0828. The fourth-order valence-electron chi connectivity index (χ4n) is 6.14. The fraction of sp³-hybridized carbons (Fsp3) is 0.552. The second-order valence-electron chi connectivity index (χ2n) is 10.8. The van der Waals surface area contributed by atoms with Crippen molar-refractivity contribution >= 4 is 10.9 Å². The summed E-state index contributed by atoms with van der Waals surface area (Å²) in [4.78, 5) is 13.3. The van der Waals surface area contributed by atoms with E-state index in [1.807, 2.05) is 18.3 Å². The number of fused-ring (bicyclic) bond motifs is 1. The highest BCUT2D eigenvalue weighted by atomic mass is 16.5. The van der Waals surface area contributed by atoms with Crippen LogP contribution in [-0.2, 0) is 0 Å². The second kappa shape index (κ2) is 10.1. The summed E-state index contributed by atoms with van der Waals surface area (Å²) in [5.41, 5.74) is 6.29. The molecule has 2 aromatic heterocycles. The number of H-pyrrole nitrogens is 1. The lowest BCUT2D eigenvalue weighted by Gasteiger charge is -2.42. The lowest BCUT2D eigenvalue weighted by atomic mass is 9.87. The first kappa shape index (κ1) is 23.4. The van der Waals surface area contributed by atoms with Gasteiger partial charge in [-0.25, -0.2) is 4.98 Å². The van der Waals surface area contributed by atoms with Gasteiger partial charge >= 0.3 is 0 Å². The summed E-state index contributed by atoms with van der Waals surface area (Å²) in [5.74, 6) is 2.09. The SMILES string of the molecule is COc1cc(-c2[nH]c3ccc(C4CCN(C5CCN(CC(C)C)CC5)CC4)cc3c2C)ccn1. The Balaban J connectivity index is 1.25. The summed E-state index contributed by atoms with van der Waals surface area (Å²) in [7, 11) is 1.66. The van der Waals surface area contributed by atoms with E-state index in [0.29, 0.717) is 11.8 Å². The molecule has 5 rings (SSSR count). The van der Waals surface area contributed by atoms with Crippen LogP contribution in [0.5, 0.6) is 5.88 Å². The molecule has 0 atom stereocenters. The van der Waals surface area contributed by atoms with Crippen LogP contribution in [0.4, 0.5) is 0 Å². The average molecular weight is 461 g/mol. The molecule has 34 heavy (non-hydrogen) atoms. The van der Waals surface area contributed by atoms with Crippen molar-refractivity contribution in [2.75, 3.05) is 39.8 Å². The van der Waals surface area contributed by atoms with Gasteiger partial charge in [-0.15, -0.1) is 0 Å². The summed E-state index contributed by atoms with van der Waals surface area (Å²) in [6.45, 7) is 13.2. The molecule has 2 saturated heterocycles. The number of nitrogens with one attached hydrogen (secondary N) is 1. The number of hydrogen-bond acceptors (Lipinski definition) is 4. The maximum absolute atomic E-state index is 5.33. The third-order valence-electron chi connectivity index (χ3n) is 8.01. The zero-order valence-electron chi connectivity index (χ0n) is 21.3. The molecule has 182 valence electrons. The predicted molar refractivity (Wildman–Crippen MR) is 141 cm³/mol. The number of benzene rings is 1. The van der Waals surface area contributed by atoms with Crippen molar-refractivity contribution in [3.63, 3.8) is 0 Å². The molecule has 0 saturated carbocycles. The van der Waals surface area contributed by atoms with Crippen molar-refractivity contribution in [1.29, 1.82) is 0 Å². The number of hydrogen-bond donors (Lipinski definition) is 1. The third-order valence-corrected chi connectivity index (χ3v) is 8.01. The Labute approximate surface area is 204 Å². The van der Waals surface area contributed by atoms with Gasteiger partial charge in [0.2, 0.25) is 5.88 Å². The topological polar surface area (TPSA) is 44.4 Å². The van der Waals surface area contributed by atoms with Crippen LogP contribution in [0.1, 0.15) is 56.6 Å². The van der Waals surface area contributed by atoms with Crippen molar-refractivity contribution in [2.45, 2.75) is 58.4 Å². The van der Waals surface area contributed by atoms with Gasteiger partial charge in [-0.3, -0.25) is 0 Å². The number of rotatable bonds is 6. The standard InChI is InChI=1S/C29H40N4O/c1-20(2)19-32-13-10-25(11-14-32)33-15-8-22(9-16-33)23-5-6-27-26(17-23)21(3)29(31-27)24-7-12-30-28(18-24)34-4/h5-7,12,17-18,20,22,25,31H,8-11,13-16,19H2,1-4H3. The Kier molecular flexibility index (Phi) is 6.94. The van der Waals surface area contributed by atoms with Crippen LogP contribution in [0.2, 0.25) is 0 Å². The summed E-state index contributed by atoms with van der Waals surface area (Å²) in [6, 6.07) is 11.9. The van der Waals surface area contributed by atoms with Gasteiger partial charge in [0, 0.05) is 47.0 Å². The quantitative estimate of drug-likeness (QED) is 0.501. The summed E-state index contributed by atoms with van der Waals surface area (Å²) >= 11 is 0. The highest BCUT2D eigenvalue weighted by Gasteiger charge is 2.29. The minimum atomic E-state index is 0.647. The highest BCUT2D eigenvalue weighted by Crippen LogP contribution is 2.36. The number of aryl methyl sites for hydroxylation is 1. The molecule has 0 unspecified atom stereocenters. The summed E-state index contributed by atoms with van der Waals surface area (Å²) < 4.78 is 5.33. The number of likely N-dealkylation sites (tertiary alicyclic amines) is 2. The van der Waals surface area contributed by atoms with Gasteiger partial charge < -0.3 is 19.5 Å². The van der Waals surface area contributed by atoms with E-state index in [1.54, 1.807) is 7.11 Å². The molecule has 1 N–H and O–H groups in total. The van der Waals surface area contributed by atoms with Crippen molar-refractivity contribution in [3.8, 4) is 17.1 Å². The zero-order chi connectivity index (χ0) is 23.7. The molecule has 1 aromatic carbocycles. The molecule has 4 heterocycles. The van der Waals surface area contributed by atoms with E-state index in [-0.39, 0.29) is 0 Å². The molecule has 0 bridgehead atoms. The van der Waals surface area contributed by atoms with Gasteiger partial charge in [0.15, 0.2) is 0 Å². The number of aromatic nitrogens is 2. The molecular formula is C29H40N4O. The molecule has 0 spiro atoms. The minimum Gasteiger partial charge on any atom is -0.481 e. The van der Waals surface area contributed by atoms with Crippen LogP contribution < -0.4 is 4.74 Å². The molecule has 5 heteroatoms. The lowest BCUT2D eigenvalue weighted by Crippen LogP contribution is -2.48. The van der Waals surface area contributed by atoms with E-state index in [2.05, 4.69) is 58.7 Å². The van der Waals surface area contributed by atoms with Gasteiger partial charge in [-0.05, 0) is 99.9 Å². The molecule has 0 radical (unpaired) electrons. The van der Waals surface area contributed by atoms with Crippen LogP contribution in [0.15, 0.2) is 36.5 Å². The van der Waals surface area contributed by atoms with Gasteiger partial charge in [0.25, 0.3) is 0 Å². The second-order valence-corrected chi connectivity index (χ2v) is 10.8. The van der Waals surface area contributed by atoms with E-state index in [4.69, 9.17) is 4.74 Å². The largest absolute Gasteiger partial charge is 0.481 e. The molecule has 5 nitrogen and oxygen atoms in total. The zero-order valence-corrected chi connectivity index (χ0v) is 21.3. The first-order chi connectivity index (χ1) is 16.5. The maximum atomic E-state index is 5.33. The molecule has 2 aliphatic rings. The first-order valence-corrected chi connectivity index (χ1v) is 13.1. The van der Waals surface area contributed by atoms with Gasteiger partial charge in [-0.1, -0.05) is 19.9 Å². The fourth-order valence-corrected chi connectivity index (χ4v) is 6.14. The normalized spacial score (nSPS) is 19.3. The van der Waals surface area contributed by atoms with E-state index in [0.717, 1.165) is 23.2 Å². The molecule has 3 aromatic rings. The van der Waals surface area contributed by atoms with E-state index in [9.17, 15) is 0 Å². The number of ether oxygens (including phenoxy) is 1. The van der Waals surface area contributed by atoms with Crippen LogP contribution in [0.3, 0.4) is 0 Å². The number of pyridine rings is 1. The molecule has 0 amide bonds. The molecule has 0 aliphatic carbocycles. The number of methoxy groups -OCH3 is 1. The van der Waals surface area contributed by atoms with Crippen LogP contribution in [-0.4, -0.2) is 65.6 Å². The van der Waals surface area contributed by atoms with E-state index >= 15 is 0 Å². The molecule has 2 aliphatic heterocycles. The summed E-state index contributed by atoms with van der Waals surface area (Å²) in [6.07, 6.45) is 7.04. The maximum Gasteiger partial charge on any atom is 0.213 e.